The van der Waals surface area contributed by atoms with Gasteiger partial charge in [0.15, 0.2) is 0 Å². The lowest BCUT2D eigenvalue weighted by molar-refractivity contribution is 0.0616. The van der Waals surface area contributed by atoms with Crippen molar-refractivity contribution in [1.29, 1.82) is 0 Å². The van der Waals surface area contributed by atoms with E-state index in [-0.39, 0.29) is 18.0 Å². The average Bonchev–Trinajstić information content (AvgIpc) is 2.89. The first-order valence-electron chi connectivity index (χ1n) is 7.24. The minimum Gasteiger partial charge on any atom is -0.379 e. The Hall–Kier alpha value is -2.19. The number of amides is 1. The highest BCUT2D eigenvalue weighted by Crippen LogP contribution is 2.17. The largest absolute Gasteiger partial charge is 0.379 e. The second-order valence-corrected chi connectivity index (χ2v) is 5.66. The number of carbonyl (C=O) groups is 1. The van der Waals surface area contributed by atoms with Crippen LogP contribution in [0.2, 0.25) is 5.02 Å². The molecular weight excluding hydrogens is 320 g/mol. The lowest BCUT2D eigenvalue weighted by atomic mass is 10.0. The van der Waals surface area contributed by atoms with Crippen molar-refractivity contribution in [3.8, 4) is 0 Å². The quantitative estimate of drug-likeness (QED) is 0.860. The summed E-state index contributed by atoms with van der Waals surface area (Å²) in [6.45, 7) is 1.07. The van der Waals surface area contributed by atoms with Gasteiger partial charge in [-0.15, -0.1) is 0 Å². The molecule has 23 heavy (non-hydrogen) atoms. The first kappa shape index (κ1) is 15.7. The normalized spacial score (nSPS) is 21.0. The lowest BCUT2D eigenvalue weighted by Crippen LogP contribution is -2.52. The molecule has 2 N–H and O–H groups in total. The number of ether oxygens (including phenoxy) is 1. The van der Waals surface area contributed by atoms with Crippen molar-refractivity contribution in [2.24, 2.45) is 7.05 Å². The molecule has 0 spiro atoms. The summed E-state index contributed by atoms with van der Waals surface area (Å²) >= 11 is 6.02. The van der Waals surface area contributed by atoms with Crippen LogP contribution in [-0.2, 0) is 11.8 Å². The molecule has 1 amide bonds. The third-order valence-corrected chi connectivity index (χ3v) is 3.97. The van der Waals surface area contributed by atoms with Gasteiger partial charge in [-0.3, -0.25) is 9.48 Å². The number of nitrogens with zero attached hydrogens (tertiary/aromatic N) is 4. The van der Waals surface area contributed by atoms with Crippen LogP contribution in [0.5, 0.6) is 0 Å². The van der Waals surface area contributed by atoms with E-state index in [0.29, 0.717) is 36.2 Å². The number of aryl methyl sites for hydroxylation is 1. The van der Waals surface area contributed by atoms with Gasteiger partial charge in [-0.1, -0.05) is 11.6 Å². The maximum absolute atomic E-state index is 12.5. The fourth-order valence-electron chi connectivity index (χ4n) is 2.52. The van der Waals surface area contributed by atoms with Crippen molar-refractivity contribution in [1.82, 2.24) is 25.1 Å². The van der Waals surface area contributed by atoms with E-state index in [0.717, 1.165) is 0 Å². The third-order valence-electron chi connectivity index (χ3n) is 3.70. The molecule has 2 aromatic rings. The zero-order valence-corrected chi connectivity index (χ0v) is 13.3. The van der Waals surface area contributed by atoms with Crippen LogP contribution in [0.4, 0.5) is 5.82 Å². The highest BCUT2D eigenvalue weighted by atomic mass is 35.5. The molecule has 2 aromatic heterocycles. The molecule has 9 heteroatoms. The fraction of sp³-hybridized carbons (Fsp3) is 0.429. The van der Waals surface area contributed by atoms with Gasteiger partial charge in [-0.2, -0.15) is 5.10 Å². The maximum atomic E-state index is 12.5. The van der Waals surface area contributed by atoms with E-state index in [1.54, 1.807) is 19.3 Å². The predicted molar refractivity (Wildman–Crippen MR) is 84.4 cm³/mol. The molecule has 3 rings (SSSR count). The highest BCUT2D eigenvalue weighted by molar-refractivity contribution is 6.33. The molecule has 1 saturated heterocycles. The van der Waals surface area contributed by atoms with Gasteiger partial charge in [-0.25, -0.2) is 9.97 Å². The smallest absolute Gasteiger partial charge is 0.271 e. The van der Waals surface area contributed by atoms with Gasteiger partial charge in [-0.05, 0) is 12.5 Å². The van der Waals surface area contributed by atoms with E-state index in [1.165, 1.54) is 17.2 Å². The van der Waals surface area contributed by atoms with E-state index >= 15 is 0 Å². The molecular formula is C14H17ClN6O2. The first-order chi connectivity index (χ1) is 11.1. The second kappa shape index (κ2) is 6.93. The first-order valence-corrected chi connectivity index (χ1v) is 7.61. The van der Waals surface area contributed by atoms with Gasteiger partial charge in [0.05, 0.1) is 29.9 Å². The molecule has 0 bridgehead atoms. The van der Waals surface area contributed by atoms with Crippen LogP contribution in [0.1, 0.15) is 16.9 Å². The van der Waals surface area contributed by atoms with Crippen LogP contribution in [0.25, 0.3) is 0 Å². The van der Waals surface area contributed by atoms with Crippen LogP contribution in [-0.4, -0.2) is 51.0 Å². The van der Waals surface area contributed by atoms with Crippen LogP contribution in [0.3, 0.4) is 0 Å². The number of halogens is 1. The number of anilines is 1. The number of aromatic nitrogens is 4. The van der Waals surface area contributed by atoms with Crippen molar-refractivity contribution >= 4 is 23.3 Å². The molecule has 3 heterocycles. The molecule has 122 valence electrons. The summed E-state index contributed by atoms with van der Waals surface area (Å²) in [5, 5.41) is 10.6. The Morgan fingerprint density at radius 2 is 2.35 bits per heavy atom. The molecule has 2 atom stereocenters. The minimum absolute atomic E-state index is 0.0883. The summed E-state index contributed by atoms with van der Waals surface area (Å²) in [5.41, 5.74) is 0.346. The summed E-state index contributed by atoms with van der Waals surface area (Å²) in [6, 6.07) is 1.58. The predicted octanol–water partition coefficient (Wildman–Crippen LogP) is 0.863. The molecule has 0 aliphatic carbocycles. The Bertz CT molecular complexity index is 658. The Balaban J connectivity index is 1.70. The second-order valence-electron chi connectivity index (χ2n) is 5.25. The Labute approximate surface area is 138 Å². The summed E-state index contributed by atoms with van der Waals surface area (Å²) in [6.07, 6.45) is 5.28. The average molecular weight is 337 g/mol. The van der Waals surface area contributed by atoms with Gasteiger partial charge in [0.25, 0.3) is 5.91 Å². The van der Waals surface area contributed by atoms with Crippen LogP contribution in [0.15, 0.2) is 24.8 Å². The Morgan fingerprint density at radius 3 is 3.04 bits per heavy atom. The number of rotatable bonds is 4. The van der Waals surface area contributed by atoms with E-state index in [4.69, 9.17) is 16.3 Å². The highest BCUT2D eigenvalue weighted by Gasteiger charge is 2.29. The Morgan fingerprint density at radius 1 is 1.48 bits per heavy atom. The summed E-state index contributed by atoms with van der Waals surface area (Å²) in [5.74, 6) is 0.435. The Kier molecular flexibility index (Phi) is 4.73. The van der Waals surface area contributed by atoms with E-state index in [1.807, 2.05) is 0 Å². The van der Waals surface area contributed by atoms with E-state index in [2.05, 4.69) is 25.7 Å². The molecule has 8 nitrogen and oxygen atoms in total. The molecule has 0 aromatic carbocycles. The van der Waals surface area contributed by atoms with Crippen LogP contribution in [0, 0.1) is 0 Å². The SMILES string of the molecule is Cn1ncc(Cl)c1C(=O)N[C@H]1CCOC[C@H]1Nc1ccncn1. The van der Waals surface area contributed by atoms with Gasteiger partial charge < -0.3 is 15.4 Å². The van der Waals surface area contributed by atoms with Gasteiger partial charge >= 0.3 is 0 Å². The van der Waals surface area contributed by atoms with Crippen molar-refractivity contribution in [2.45, 2.75) is 18.5 Å². The van der Waals surface area contributed by atoms with Crippen molar-refractivity contribution < 1.29 is 9.53 Å². The van der Waals surface area contributed by atoms with Crippen LogP contribution >= 0.6 is 11.6 Å². The molecule has 0 unspecified atom stereocenters. The van der Waals surface area contributed by atoms with E-state index < -0.39 is 0 Å². The standard InChI is InChI=1S/C14H17ClN6O2/c1-21-13(9(15)6-18-21)14(22)20-10-3-5-23-7-11(10)19-12-2-4-16-8-17-12/h2,4,6,8,10-11H,3,5,7H2,1H3,(H,20,22)(H,16,17,19)/t10-,11+/m0/s1. The zero-order chi connectivity index (χ0) is 16.2. The fourth-order valence-corrected chi connectivity index (χ4v) is 2.77. The number of hydrogen-bond acceptors (Lipinski definition) is 6. The lowest BCUT2D eigenvalue weighted by Gasteiger charge is -2.33. The van der Waals surface area contributed by atoms with Gasteiger partial charge in [0.1, 0.15) is 17.8 Å². The van der Waals surface area contributed by atoms with Crippen molar-refractivity contribution in [3.63, 3.8) is 0 Å². The van der Waals surface area contributed by atoms with Gasteiger partial charge in [0.2, 0.25) is 0 Å². The summed E-state index contributed by atoms with van der Waals surface area (Å²) in [4.78, 5) is 20.5. The van der Waals surface area contributed by atoms with Crippen LogP contribution < -0.4 is 10.6 Å². The third kappa shape index (κ3) is 3.59. The number of carbonyl (C=O) groups excluding carboxylic acids is 1. The molecule has 0 radical (unpaired) electrons. The maximum Gasteiger partial charge on any atom is 0.271 e. The monoisotopic (exact) mass is 336 g/mol. The van der Waals surface area contributed by atoms with Crippen molar-refractivity contribution in [3.05, 3.63) is 35.5 Å². The van der Waals surface area contributed by atoms with Gasteiger partial charge in [0, 0.05) is 19.9 Å². The molecule has 0 saturated carbocycles. The van der Waals surface area contributed by atoms with E-state index in [9.17, 15) is 4.79 Å². The number of nitrogens with one attached hydrogen (secondary N) is 2. The molecule has 1 aliphatic rings. The molecule has 1 aliphatic heterocycles. The zero-order valence-electron chi connectivity index (χ0n) is 12.6. The summed E-state index contributed by atoms with van der Waals surface area (Å²) < 4.78 is 6.97. The minimum atomic E-state index is -0.253. The van der Waals surface area contributed by atoms with Crippen molar-refractivity contribution in [2.75, 3.05) is 18.5 Å². The number of hydrogen-bond donors (Lipinski definition) is 2. The molecule has 1 fully saturated rings. The summed E-state index contributed by atoms with van der Waals surface area (Å²) in [7, 11) is 1.68. The topological polar surface area (TPSA) is 94.0 Å².